The van der Waals surface area contributed by atoms with E-state index in [9.17, 15) is 8.42 Å². The minimum absolute atomic E-state index is 0.0254. The molecule has 0 fully saturated rings. The summed E-state index contributed by atoms with van der Waals surface area (Å²) >= 11 is 1.55. The minimum atomic E-state index is -3.65. The van der Waals surface area contributed by atoms with E-state index in [4.69, 9.17) is 0 Å². The zero-order valence-electron chi connectivity index (χ0n) is 11.1. The summed E-state index contributed by atoms with van der Waals surface area (Å²) in [6.07, 6.45) is 1.39. The third-order valence-electron chi connectivity index (χ3n) is 2.79. The highest BCUT2D eigenvalue weighted by atomic mass is 32.2. The molecule has 21 heavy (non-hydrogen) atoms. The van der Waals surface area contributed by atoms with Gasteiger partial charge in [0.1, 0.15) is 0 Å². The molecule has 3 rings (SSSR count). The molecule has 0 unspecified atom stereocenters. The number of sulfonamides is 1. The molecule has 0 radical (unpaired) electrons. The van der Waals surface area contributed by atoms with E-state index in [0.29, 0.717) is 5.69 Å². The van der Waals surface area contributed by atoms with Crippen molar-refractivity contribution in [3.63, 3.8) is 0 Å². The molecule has 6 nitrogen and oxygen atoms in total. The summed E-state index contributed by atoms with van der Waals surface area (Å²) in [7, 11) is -3.65. The van der Waals surface area contributed by atoms with Crippen LogP contribution in [0.1, 0.15) is 5.01 Å². The number of nitrogens with zero attached hydrogens (tertiary/aromatic N) is 2. The van der Waals surface area contributed by atoms with Crippen molar-refractivity contribution in [2.24, 2.45) is 0 Å². The largest absolute Gasteiger partial charge is 0.278 e. The van der Waals surface area contributed by atoms with Gasteiger partial charge in [0.05, 0.1) is 16.9 Å². The fourth-order valence-electron chi connectivity index (χ4n) is 1.84. The Bertz CT molecular complexity index is 854. The van der Waals surface area contributed by atoms with Gasteiger partial charge in [-0.3, -0.25) is 9.82 Å². The zero-order valence-corrected chi connectivity index (χ0v) is 12.7. The molecule has 0 spiro atoms. The average molecular weight is 320 g/mol. The maximum atomic E-state index is 12.1. The molecular formula is C13H12N4O2S2. The lowest BCUT2D eigenvalue weighted by Gasteiger charge is -2.07. The molecule has 1 aromatic carbocycles. The summed E-state index contributed by atoms with van der Waals surface area (Å²) in [5, 5.41) is 9.02. The van der Waals surface area contributed by atoms with Gasteiger partial charge in [-0.1, -0.05) is 12.1 Å². The summed E-state index contributed by atoms with van der Waals surface area (Å²) in [5.41, 5.74) is 2.18. The monoisotopic (exact) mass is 320 g/mol. The van der Waals surface area contributed by atoms with E-state index in [1.54, 1.807) is 29.5 Å². The standard InChI is InChI=1S/C13H12N4O2S2/c1-9-15-12(8-20-9)10-3-2-4-11(7-10)17-21(18,19)13-5-6-14-16-13/h2-8,17H,1H3,(H,14,16). The number of anilines is 1. The summed E-state index contributed by atoms with van der Waals surface area (Å²) in [4.78, 5) is 4.39. The van der Waals surface area contributed by atoms with Crippen molar-refractivity contribution in [1.82, 2.24) is 15.2 Å². The van der Waals surface area contributed by atoms with Crippen molar-refractivity contribution >= 4 is 27.0 Å². The van der Waals surface area contributed by atoms with Gasteiger partial charge in [-0.05, 0) is 25.1 Å². The number of aryl methyl sites for hydroxylation is 1. The highest BCUT2D eigenvalue weighted by Crippen LogP contribution is 2.25. The van der Waals surface area contributed by atoms with Crippen LogP contribution in [0.25, 0.3) is 11.3 Å². The fraction of sp³-hybridized carbons (Fsp3) is 0.0769. The lowest BCUT2D eigenvalue weighted by atomic mass is 10.1. The first-order chi connectivity index (χ1) is 10.0. The van der Waals surface area contributed by atoms with E-state index in [1.807, 2.05) is 18.4 Å². The zero-order chi connectivity index (χ0) is 14.9. The third kappa shape index (κ3) is 2.96. The molecule has 0 atom stereocenters. The van der Waals surface area contributed by atoms with E-state index in [1.165, 1.54) is 12.3 Å². The van der Waals surface area contributed by atoms with Crippen LogP contribution < -0.4 is 4.72 Å². The van der Waals surface area contributed by atoms with Gasteiger partial charge < -0.3 is 0 Å². The molecule has 0 saturated carbocycles. The number of benzene rings is 1. The number of thiazole rings is 1. The Labute approximate surface area is 125 Å². The third-order valence-corrected chi connectivity index (χ3v) is 4.88. The van der Waals surface area contributed by atoms with Crippen LogP contribution >= 0.6 is 11.3 Å². The lowest BCUT2D eigenvalue weighted by molar-refractivity contribution is 0.597. The Kier molecular flexibility index (Phi) is 3.48. The molecule has 108 valence electrons. The first kappa shape index (κ1) is 13.8. The molecule has 3 aromatic rings. The Hall–Kier alpha value is -2.19. The second-order valence-electron chi connectivity index (χ2n) is 4.36. The number of nitrogens with one attached hydrogen (secondary N) is 2. The minimum Gasteiger partial charge on any atom is -0.278 e. The Morgan fingerprint density at radius 1 is 1.29 bits per heavy atom. The van der Waals surface area contributed by atoms with Gasteiger partial charge in [0, 0.05) is 16.6 Å². The van der Waals surface area contributed by atoms with Gasteiger partial charge in [0.25, 0.3) is 10.0 Å². The van der Waals surface area contributed by atoms with Gasteiger partial charge in [0.2, 0.25) is 0 Å². The maximum Gasteiger partial charge on any atom is 0.278 e. The Morgan fingerprint density at radius 3 is 2.81 bits per heavy atom. The molecule has 2 aromatic heterocycles. The van der Waals surface area contributed by atoms with Crippen molar-refractivity contribution in [2.75, 3.05) is 4.72 Å². The first-order valence-electron chi connectivity index (χ1n) is 6.09. The van der Waals surface area contributed by atoms with Gasteiger partial charge in [-0.15, -0.1) is 11.3 Å². The van der Waals surface area contributed by atoms with Crippen LogP contribution in [0.15, 0.2) is 46.9 Å². The highest BCUT2D eigenvalue weighted by molar-refractivity contribution is 7.92. The SMILES string of the molecule is Cc1nc(-c2cccc(NS(=O)(=O)c3ccn[nH]3)c2)cs1. The van der Waals surface area contributed by atoms with Crippen molar-refractivity contribution in [3.8, 4) is 11.3 Å². The van der Waals surface area contributed by atoms with Crippen LogP contribution in [0.4, 0.5) is 5.69 Å². The van der Waals surface area contributed by atoms with Crippen molar-refractivity contribution in [1.29, 1.82) is 0 Å². The first-order valence-corrected chi connectivity index (χ1v) is 8.46. The van der Waals surface area contributed by atoms with Gasteiger partial charge in [-0.2, -0.15) is 13.5 Å². The van der Waals surface area contributed by atoms with Crippen LogP contribution in [-0.4, -0.2) is 23.6 Å². The van der Waals surface area contributed by atoms with Gasteiger partial charge in [0.15, 0.2) is 5.03 Å². The molecule has 0 bridgehead atoms. The smallest absolute Gasteiger partial charge is 0.278 e. The van der Waals surface area contributed by atoms with Crippen LogP contribution in [0.5, 0.6) is 0 Å². The number of aromatic nitrogens is 3. The predicted octanol–water partition coefficient (Wildman–Crippen LogP) is 2.64. The molecule has 0 aliphatic heterocycles. The fourth-order valence-corrected chi connectivity index (χ4v) is 3.42. The summed E-state index contributed by atoms with van der Waals surface area (Å²) in [5.74, 6) is 0. The summed E-state index contributed by atoms with van der Waals surface area (Å²) < 4.78 is 26.8. The lowest BCUT2D eigenvalue weighted by Crippen LogP contribution is -2.13. The van der Waals surface area contributed by atoms with Crippen LogP contribution in [-0.2, 0) is 10.0 Å². The molecule has 0 aliphatic rings. The number of hydrogen-bond donors (Lipinski definition) is 2. The van der Waals surface area contributed by atoms with E-state index in [2.05, 4.69) is 19.9 Å². The molecule has 0 amide bonds. The van der Waals surface area contributed by atoms with Crippen molar-refractivity contribution < 1.29 is 8.42 Å². The van der Waals surface area contributed by atoms with Gasteiger partial charge >= 0.3 is 0 Å². The second kappa shape index (κ2) is 5.30. The molecule has 2 heterocycles. The quantitative estimate of drug-likeness (QED) is 0.773. The number of aromatic amines is 1. The predicted molar refractivity (Wildman–Crippen MR) is 81.7 cm³/mol. The van der Waals surface area contributed by atoms with Gasteiger partial charge in [-0.25, -0.2) is 4.98 Å². The molecule has 0 saturated heterocycles. The number of rotatable bonds is 4. The van der Waals surface area contributed by atoms with Crippen LogP contribution in [0, 0.1) is 6.92 Å². The van der Waals surface area contributed by atoms with E-state index < -0.39 is 10.0 Å². The molecule has 2 N–H and O–H groups in total. The van der Waals surface area contributed by atoms with E-state index in [-0.39, 0.29) is 5.03 Å². The summed E-state index contributed by atoms with van der Waals surface area (Å²) in [6.45, 7) is 1.93. The summed E-state index contributed by atoms with van der Waals surface area (Å²) in [6, 6.07) is 8.52. The second-order valence-corrected chi connectivity index (χ2v) is 7.07. The van der Waals surface area contributed by atoms with Crippen LogP contribution in [0.2, 0.25) is 0 Å². The van der Waals surface area contributed by atoms with Crippen molar-refractivity contribution in [3.05, 3.63) is 46.9 Å². The maximum absolute atomic E-state index is 12.1. The average Bonchev–Trinajstić information content (AvgIpc) is 3.09. The van der Waals surface area contributed by atoms with Crippen LogP contribution in [0.3, 0.4) is 0 Å². The normalized spacial score (nSPS) is 11.5. The molecular weight excluding hydrogens is 308 g/mol. The molecule has 8 heteroatoms. The Balaban J connectivity index is 1.91. The Morgan fingerprint density at radius 2 is 2.14 bits per heavy atom. The highest BCUT2D eigenvalue weighted by Gasteiger charge is 2.15. The molecule has 0 aliphatic carbocycles. The van der Waals surface area contributed by atoms with E-state index in [0.717, 1.165) is 16.3 Å². The number of H-pyrrole nitrogens is 1. The van der Waals surface area contributed by atoms with E-state index >= 15 is 0 Å². The van der Waals surface area contributed by atoms with Crippen molar-refractivity contribution in [2.45, 2.75) is 11.9 Å². The topological polar surface area (TPSA) is 87.7 Å². The number of hydrogen-bond acceptors (Lipinski definition) is 5.